The van der Waals surface area contributed by atoms with Crippen molar-refractivity contribution in [3.8, 4) is 17.2 Å². The highest BCUT2D eigenvalue weighted by Gasteiger charge is 2.03. The molecule has 0 fully saturated rings. The Balaban J connectivity index is 1.67. The summed E-state index contributed by atoms with van der Waals surface area (Å²) in [7, 11) is 0. The Morgan fingerprint density at radius 2 is 1.95 bits per heavy atom. The second kappa shape index (κ2) is 5.75. The van der Waals surface area contributed by atoms with Crippen molar-refractivity contribution in [3.63, 3.8) is 0 Å². The van der Waals surface area contributed by atoms with E-state index >= 15 is 0 Å². The Morgan fingerprint density at radius 1 is 1.10 bits per heavy atom. The number of hydrogen-bond acceptors (Lipinski definition) is 4. The predicted molar refractivity (Wildman–Crippen MR) is 75.5 cm³/mol. The molecule has 5 heteroatoms. The molecule has 1 aromatic heterocycles. The molecule has 0 atom stereocenters. The molecule has 20 heavy (non-hydrogen) atoms. The molecule has 4 nitrogen and oxygen atoms in total. The third-order valence-electron chi connectivity index (χ3n) is 2.76. The van der Waals surface area contributed by atoms with Gasteiger partial charge in [-0.3, -0.25) is 0 Å². The second-order valence-corrected chi connectivity index (χ2v) is 4.62. The zero-order chi connectivity index (χ0) is 13.8. The molecule has 2 aromatic carbocycles. The Morgan fingerprint density at radius 3 is 2.65 bits per heavy atom. The average Bonchev–Trinajstić information content (AvgIpc) is 3.00. The first-order chi connectivity index (χ1) is 9.81. The Labute approximate surface area is 121 Å². The molecule has 3 rings (SSSR count). The van der Waals surface area contributed by atoms with Crippen LogP contribution in [0.5, 0.6) is 5.75 Å². The van der Waals surface area contributed by atoms with Crippen LogP contribution in [0.4, 0.5) is 0 Å². The number of hydrogen-bond donors (Lipinski definition) is 0. The van der Waals surface area contributed by atoms with E-state index in [1.54, 1.807) is 0 Å². The molecule has 0 saturated carbocycles. The lowest BCUT2D eigenvalue weighted by molar-refractivity contribution is 0.306. The first-order valence-corrected chi connectivity index (χ1v) is 6.43. The summed E-state index contributed by atoms with van der Waals surface area (Å²) >= 11 is 5.93. The maximum Gasteiger partial charge on any atom is 0.247 e. The zero-order valence-corrected chi connectivity index (χ0v) is 11.2. The van der Waals surface area contributed by atoms with Gasteiger partial charge in [0, 0.05) is 10.6 Å². The van der Waals surface area contributed by atoms with Gasteiger partial charge >= 0.3 is 0 Å². The van der Waals surface area contributed by atoms with E-state index in [4.69, 9.17) is 20.8 Å². The van der Waals surface area contributed by atoms with Gasteiger partial charge in [0.25, 0.3) is 0 Å². The number of rotatable bonds is 4. The van der Waals surface area contributed by atoms with Gasteiger partial charge in [-0.1, -0.05) is 23.7 Å². The van der Waals surface area contributed by atoms with Crippen LogP contribution in [0.15, 0.2) is 59.3 Å². The highest BCUT2D eigenvalue weighted by Crippen LogP contribution is 2.21. The smallest absolute Gasteiger partial charge is 0.247 e. The highest BCUT2D eigenvalue weighted by molar-refractivity contribution is 6.30. The van der Waals surface area contributed by atoms with E-state index in [0.29, 0.717) is 17.5 Å². The summed E-state index contributed by atoms with van der Waals surface area (Å²) in [4.78, 5) is 0. The number of halogens is 1. The van der Waals surface area contributed by atoms with Crippen LogP contribution in [-0.4, -0.2) is 10.2 Å². The van der Waals surface area contributed by atoms with Crippen LogP contribution < -0.4 is 4.74 Å². The molecule has 0 N–H and O–H groups in total. The highest BCUT2D eigenvalue weighted by atomic mass is 35.5. The third kappa shape index (κ3) is 2.97. The molecule has 0 amide bonds. The van der Waals surface area contributed by atoms with Gasteiger partial charge in [0.15, 0.2) is 0 Å². The minimum Gasteiger partial charge on any atom is -0.489 e. The normalized spacial score (nSPS) is 10.4. The summed E-state index contributed by atoms with van der Waals surface area (Å²) in [5.74, 6) is 1.26. The van der Waals surface area contributed by atoms with Crippen LogP contribution in [0.1, 0.15) is 5.56 Å². The number of nitrogens with zero attached hydrogens (tertiary/aromatic N) is 2. The monoisotopic (exact) mass is 286 g/mol. The van der Waals surface area contributed by atoms with Crippen molar-refractivity contribution in [1.29, 1.82) is 0 Å². The van der Waals surface area contributed by atoms with Crippen LogP contribution >= 0.6 is 11.6 Å². The van der Waals surface area contributed by atoms with E-state index in [-0.39, 0.29) is 0 Å². The van der Waals surface area contributed by atoms with Crippen molar-refractivity contribution in [1.82, 2.24) is 10.2 Å². The van der Waals surface area contributed by atoms with E-state index in [2.05, 4.69) is 10.2 Å². The van der Waals surface area contributed by atoms with Crippen LogP contribution in [0.2, 0.25) is 5.02 Å². The van der Waals surface area contributed by atoms with E-state index in [1.165, 1.54) is 6.39 Å². The zero-order valence-electron chi connectivity index (χ0n) is 10.5. The average molecular weight is 287 g/mol. The molecular weight excluding hydrogens is 276 g/mol. The molecule has 0 aliphatic rings. The molecule has 0 spiro atoms. The largest absolute Gasteiger partial charge is 0.489 e. The third-order valence-corrected chi connectivity index (χ3v) is 2.99. The molecule has 0 radical (unpaired) electrons. The number of aromatic nitrogens is 2. The van der Waals surface area contributed by atoms with Crippen molar-refractivity contribution < 1.29 is 9.15 Å². The van der Waals surface area contributed by atoms with Crippen molar-refractivity contribution in [2.45, 2.75) is 6.61 Å². The fourth-order valence-electron chi connectivity index (χ4n) is 1.79. The lowest BCUT2D eigenvalue weighted by atomic mass is 10.2. The molecule has 1 heterocycles. The maximum absolute atomic E-state index is 5.93. The standard InChI is InChI=1S/C15H11ClN2O2/c16-13-3-1-2-11(8-13)9-19-14-6-4-12(5-7-14)15-18-17-10-20-15/h1-8,10H,9H2. The Kier molecular flexibility index (Phi) is 3.65. The fourth-order valence-corrected chi connectivity index (χ4v) is 2.00. The quantitative estimate of drug-likeness (QED) is 0.728. The molecule has 0 unspecified atom stereocenters. The summed E-state index contributed by atoms with van der Waals surface area (Å²) < 4.78 is 10.8. The number of benzene rings is 2. The molecule has 0 aliphatic carbocycles. The molecular formula is C15H11ClN2O2. The van der Waals surface area contributed by atoms with Crippen LogP contribution in [0.3, 0.4) is 0 Å². The van der Waals surface area contributed by atoms with Gasteiger partial charge in [-0.05, 0) is 42.0 Å². The van der Waals surface area contributed by atoms with Gasteiger partial charge < -0.3 is 9.15 Å². The molecule has 0 aliphatic heterocycles. The number of ether oxygens (including phenoxy) is 1. The van der Waals surface area contributed by atoms with Gasteiger partial charge in [-0.15, -0.1) is 10.2 Å². The summed E-state index contributed by atoms with van der Waals surface area (Å²) in [6.45, 7) is 0.473. The summed E-state index contributed by atoms with van der Waals surface area (Å²) in [6.07, 6.45) is 1.30. The second-order valence-electron chi connectivity index (χ2n) is 4.19. The van der Waals surface area contributed by atoms with E-state index in [9.17, 15) is 0 Å². The van der Waals surface area contributed by atoms with E-state index in [0.717, 1.165) is 16.9 Å². The maximum atomic E-state index is 5.93. The van der Waals surface area contributed by atoms with Crippen molar-refractivity contribution >= 4 is 11.6 Å². The predicted octanol–water partition coefficient (Wildman–Crippen LogP) is 3.97. The van der Waals surface area contributed by atoms with Gasteiger partial charge in [0.2, 0.25) is 12.3 Å². The van der Waals surface area contributed by atoms with Gasteiger partial charge in [0.05, 0.1) is 0 Å². The minimum absolute atomic E-state index is 0.473. The first kappa shape index (κ1) is 12.7. The lowest BCUT2D eigenvalue weighted by Crippen LogP contribution is -1.95. The van der Waals surface area contributed by atoms with Gasteiger partial charge in [0.1, 0.15) is 12.4 Å². The van der Waals surface area contributed by atoms with Crippen LogP contribution in [0, 0.1) is 0 Å². The SMILES string of the molecule is Clc1cccc(COc2ccc(-c3nnco3)cc2)c1. The molecule has 100 valence electrons. The van der Waals surface area contributed by atoms with Gasteiger partial charge in [-0.2, -0.15) is 0 Å². The minimum atomic E-state index is 0.473. The van der Waals surface area contributed by atoms with E-state index in [1.807, 2.05) is 48.5 Å². The van der Waals surface area contributed by atoms with Gasteiger partial charge in [-0.25, -0.2) is 0 Å². The van der Waals surface area contributed by atoms with Crippen molar-refractivity contribution in [2.75, 3.05) is 0 Å². The lowest BCUT2D eigenvalue weighted by Gasteiger charge is -2.06. The topological polar surface area (TPSA) is 48.2 Å². The summed E-state index contributed by atoms with van der Waals surface area (Å²) in [5, 5.41) is 8.20. The van der Waals surface area contributed by atoms with Crippen molar-refractivity contribution in [3.05, 3.63) is 65.5 Å². The molecule has 3 aromatic rings. The Hall–Kier alpha value is -2.33. The summed E-state index contributed by atoms with van der Waals surface area (Å²) in [6, 6.07) is 15.1. The van der Waals surface area contributed by atoms with Crippen molar-refractivity contribution in [2.24, 2.45) is 0 Å². The molecule has 0 saturated heterocycles. The fraction of sp³-hybridized carbons (Fsp3) is 0.0667. The first-order valence-electron chi connectivity index (χ1n) is 6.05. The van der Waals surface area contributed by atoms with E-state index < -0.39 is 0 Å². The Bertz CT molecular complexity index is 681. The van der Waals surface area contributed by atoms with Crippen LogP contribution in [-0.2, 0) is 6.61 Å². The molecule has 0 bridgehead atoms. The van der Waals surface area contributed by atoms with Crippen LogP contribution in [0.25, 0.3) is 11.5 Å². The summed E-state index contributed by atoms with van der Waals surface area (Å²) in [5.41, 5.74) is 1.89.